The van der Waals surface area contributed by atoms with E-state index < -0.39 is 0 Å². The van der Waals surface area contributed by atoms with Gasteiger partial charge in [0.05, 0.1) is 6.10 Å². The van der Waals surface area contributed by atoms with Crippen LogP contribution in [0.1, 0.15) is 26.2 Å². The molecule has 0 bridgehead atoms. The number of hydrogen-bond acceptors (Lipinski definition) is 1. The summed E-state index contributed by atoms with van der Waals surface area (Å²) in [7, 11) is 0. The van der Waals surface area contributed by atoms with Crippen LogP contribution < -0.4 is 0 Å². The van der Waals surface area contributed by atoms with Crippen LogP contribution in [0.15, 0.2) is 0 Å². The van der Waals surface area contributed by atoms with Crippen LogP contribution in [0.25, 0.3) is 0 Å². The van der Waals surface area contributed by atoms with Crippen LogP contribution in [-0.4, -0.2) is 11.2 Å². The highest BCUT2D eigenvalue weighted by Gasteiger charge is 2.19. The first-order chi connectivity index (χ1) is 3.30. The molecule has 1 heteroatoms. The van der Waals surface area contributed by atoms with E-state index in [9.17, 15) is 0 Å². The van der Waals surface area contributed by atoms with Crippen molar-refractivity contribution in [3.8, 4) is 0 Å². The highest BCUT2D eigenvalue weighted by molar-refractivity contribution is 4.71. The van der Waals surface area contributed by atoms with Crippen molar-refractivity contribution in [2.24, 2.45) is 5.92 Å². The summed E-state index contributed by atoms with van der Waals surface area (Å²) in [5.74, 6) is 0.569. The normalized spacial score (nSPS) is 42.0. The molecule has 0 radical (unpaired) electrons. The van der Waals surface area contributed by atoms with Gasteiger partial charge >= 0.3 is 0 Å². The lowest BCUT2D eigenvalue weighted by Crippen LogP contribution is -2.07. The average molecular weight is 100 g/mol. The number of hydrogen-bond donors (Lipinski definition) is 1. The zero-order chi connectivity index (χ0) is 5.28. The molecular formula is C6H12O. The molecule has 1 aliphatic rings. The Hall–Kier alpha value is -0.0400. The molecule has 1 rings (SSSR count). The topological polar surface area (TPSA) is 20.2 Å². The smallest absolute Gasteiger partial charge is 0.0565 e. The summed E-state index contributed by atoms with van der Waals surface area (Å²) < 4.78 is 0. The Morgan fingerprint density at radius 1 is 1.43 bits per heavy atom. The molecule has 7 heavy (non-hydrogen) atoms. The number of rotatable bonds is 0. The maximum absolute atomic E-state index is 9.00. The quantitative estimate of drug-likeness (QED) is 0.484. The minimum atomic E-state index is 0.0139. The van der Waals surface area contributed by atoms with Crippen LogP contribution in [0.3, 0.4) is 0 Å². The van der Waals surface area contributed by atoms with Gasteiger partial charge in [0.2, 0.25) is 0 Å². The van der Waals surface area contributed by atoms with Crippen molar-refractivity contribution in [1.82, 2.24) is 0 Å². The van der Waals surface area contributed by atoms with Gasteiger partial charge in [-0.2, -0.15) is 0 Å². The predicted molar refractivity (Wildman–Crippen MR) is 29.0 cm³/mol. The van der Waals surface area contributed by atoms with E-state index in [2.05, 4.69) is 6.92 Å². The van der Waals surface area contributed by atoms with E-state index in [1.807, 2.05) is 0 Å². The van der Waals surface area contributed by atoms with Crippen LogP contribution in [-0.2, 0) is 0 Å². The molecule has 0 aromatic rings. The summed E-state index contributed by atoms with van der Waals surface area (Å²) in [4.78, 5) is 0. The average Bonchev–Trinajstić information content (AvgIpc) is 1.91. The second-order valence-electron chi connectivity index (χ2n) is 2.48. The minimum absolute atomic E-state index is 0.0139. The first kappa shape index (κ1) is 5.10. The van der Waals surface area contributed by atoms with Crippen molar-refractivity contribution in [2.45, 2.75) is 32.3 Å². The Labute approximate surface area is 44.4 Å². The van der Waals surface area contributed by atoms with Gasteiger partial charge in [0.25, 0.3) is 0 Å². The van der Waals surface area contributed by atoms with Gasteiger partial charge in [-0.15, -0.1) is 0 Å². The highest BCUT2D eigenvalue weighted by Crippen LogP contribution is 2.23. The Kier molecular flexibility index (Phi) is 1.33. The van der Waals surface area contributed by atoms with Crippen LogP contribution in [0, 0.1) is 5.92 Å². The van der Waals surface area contributed by atoms with E-state index in [-0.39, 0.29) is 6.10 Å². The van der Waals surface area contributed by atoms with Gasteiger partial charge in [0.15, 0.2) is 0 Å². The van der Waals surface area contributed by atoms with Gasteiger partial charge in [-0.05, 0) is 18.8 Å². The SMILES string of the molecule is C[C@@H]1CCC[C@@H]1O. The van der Waals surface area contributed by atoms with E-state index in [1.54, 1.807) is 0 Å². The molecule has 1 N–H and O–H groups in total. The van der Waals surface area contributed by atoms with Crippen molar-refractivity contribution in [3.63, 3.8) is 0 Å². The first-order valence-electron chi connectivity index (χ1n) is 2.99. The van der Waals surface area contributed by atoms with Crippen molar-refractivity contribution < 1.29 is 5.11 Å². The number of aliphatic hydroxyl groups excluding tert-OH is 1. The fourth-order valence-corrected chi connectivity index (χ4v) is 1.13. The molecule has 0 aromatic heterocycles. The highest BCUT2D eigenvalue weighted by atomic mass is 16.3. The van der Waals surface area contributed by atoms with Gasteiger partial charge < -0.3 is 5.11 Å². The molecule has 1 nitrogen and oxygen atoms in total. The van der Waals surface area contributed by atoms with Gasteiger partial charge in [-0.25, -0.2) is 0 Å². The monoisotopic (exact) mass is 100 g/mol. The van der Waals surface area contributed by atoms with E-state index >= 15 is 0 Å². The minimum Gasteiger partial charge on any atom is -0.393 e. The summed E-state index contributed by atoms with van der Waals surface area (Å²) in [5.41, 5.74) is 0. The second kappa shape index (κ2) is 1.83. The van der Waals surface area contributed by atoms with E-state index in [0.717, 1.165) is 6.42 Å². The zero-order valence-corrected chi connectivity index (χ0v) is 4.72. The van der Waals surface area contributed by atoms with Gasteiger partial charge in [0.1, 0.15) is 0 Å². The maximum atomic E-state index is 9.00. The largest absolute Gasteiger partial charge is 0.393 e. The van der Waals surface area contributed by atoms with Crippen LogP contribution in [0.2, 0.25) is 0 Å². The molecule has 0 saturated heterocycles. The molecule has 2 atom stereocenters. The van der Waals surface area contributed by atoms with Crippen molar-refractivity contribution in [3.05, 3.63) is 0 Å². The fraction of sp³-hybridized carbons (Fsp3) is 1.00. The fourth-order valence-electron chi connectivity index (χ4n) is 1.13. The van der Waals surface area contributed by atoms with Gasteiger partial charge in [0, 0.05) is 0 Å². The summed E-state index contributed by atoms with van der Waals surface area (Å²) in [6.07, 6.45) is 3.49. The third-order valence-electron chi connectivity index (χ3n) is 1.82. The molecule has 1 fully saturated rings. The first-order valence-corrected chi connectivity index (χ1v) is 2.99. The van der Waals surface area contributed by atoms with E-state index in [0.29, 0.717) is 5.92 Å². The summed E-state index contributed by atoms with van der Waals surface area (Å²) in [6.45, 7) is 2.11. The maximum Gasteiger partial charge on any atom is 0.0565 e. The van der Waals surface area contributed by atoms with Gasteiger partial charge in [-0.3, -0.25) is 0 Å². The standard InChI is InChI=1S/C6H12O/c1-5-3-2-4-6(5)7/h5-7H,2-4H2,1H3/t5-,6+/m1/s1. The van der Waals surface area contributed by atoms with Crippen molar-refractivity contribution in [1.29, 1.82) is 0 Å². The lowest BCUT2D eigenvalue weighted by atomic mass is 10.1. The molecule has 0 amide bonds. The molecular weight excluding hydrogens is 88.1 g/mol. The molecule has 1 aliphatic carbocycles. The summed E-state index contributed by atoms with van der Waals surface area (Å²) >= 11 is 0. The van der Waals surface area contributed by atoms with Crippen molar-refractivity contribution in [2.75, 3.05) is 0 Å². The lowest BCUT2D eigenvalue weighted by Gasteiger charge is -2.04. The molecule has 1 saturated carbocycles. The molecule has 0 aliphatic heterocycles. The molecule has 0 heterocycles. The Balaban J connectivity index is 2.33. The lowest BCUT2D eigenvalue weighted by molar-refractivity contribution is 0.141. The third kappa shape index (κ3) is 0.942. The summed E-state index contributed by atoms with van der Waals surface area (Å²) in [6, 6.07) is 0. The zero-order valence-electron chi connectivity index (χ0n) is 4.72. The molecule has 0 spiro atoms. The van der Waals surface area contributed by atoms with Crippen LogP contribution in [0.4, 0.5) is 0 Å². The Bertz CT molecular complexity index is 53.2. The Morgan fingerprint density at radius 2 is 2.14 bits per heavy atom. The third-order valence-corrected chi connectivity index (χ3v) is 1.82. The molecule has 0 aromatic carbocycles. The van der Waals surface area contributed by atoms with E-state index in [4.69, 9.17) is 5.11 Å². The summed E-state index contributed by atoms with van der Waals surface area (Å²) in [5, 5.41) is 9.00. The Morgan fingerprint density at radius 3 is 2.29 bits per heavy atom. The second-order valence-corrected chi connectivity index (χ2v) is 2.48. The van der Waals surface area contributed by atoms with E-state index in [1.165, 1.54) is 12.8 Å². The van der Waals surface area contributed by atoms with Crippen LogP contribution >= 0.6 is 0 Å². The molecule has 0 unspecified atom stereocenters. The predicted octanol–water partition coefficient (Wildman–Crippen LogP) is 1.17. The van der Waals surface area contributed by atoms with Crippen LogP contribution in [0.5, 0.6) is 0 Å². The van der Waals surface area contributed by atoms with Crippen molar-refractivity contribution >= 4 is 0 Å². The number of aliphatic hydroxyl groups is 1. The molecule has 42 valence electrons. The van der Waals surface area contributed by atoms with Gasteiger partial charge in [-0.1, -0.05) is 13.3 Å².